The van der Waals surface area contributed by atoms with Gasteiger partial charge in [0.05, 0.1) is 6.04 Å². The van der Waals surface area contributed by atoms with Crippen LogP contribution in [-0.2, 0) is 13.0 Å². The number of nitrogens with one attached hydrogen (secondary N) is 1. The fraction of sp³-hybridized carbons (Fsp3) is 0.214. The maximum atomic E-state index is 13.6. The van der Waals surface area contributed by atoms with Gasteiger partial charge in [-0.25, -0.2) is 9.37 Å². The van der Waals surface area contributed by atoms with E-state index in [1.807, 2.05) is 60.9 Å². The van der Waals surface area contributed by atoms with Gasteiger partial charge in [-0.1, -0.05) is 73.7 Å². The third kappa shape index (κ3) is 4.72. The van der Waals surface area contributed by atoms with Crippen LogP contribution in [0.25, 0.3) is 22.6 Å². The van der Waals surface area contributed by atoms with E-state index < -0.39 is 0 Å². The van der Waals surface area contributed by atoms with Crippen molar-refractivity contribution in [3.63, 3.8) is 0 Å². The van der Waals surface area contributed by atoms with Crippen LogP contribution in [-0.4, -0.2) is 15.5 Å². The largest absolute Gasteiger partial charge is 0.344 e. The zero-order chi connectivity index (χ0) is 23.4. The van der Waals surface area contributed by atoms with Gasteiger partial charge in [-0.2, -0.15) is 0 Å². The van der Waals surface area contributed by atoms with E-state index in [-0.39, 0.29) is 17.8 Å². The Morgan fingerprint density at radius 3 is 2.21 bits per heavy atom. The molecule has 33 heavy (non-hydrogen) atoms. The molecule has 1 aromatic heterocycles. The summed E-state index contributed by atoms with van der Waals surface area (Å²) in [7, 11) is 0. The predicted octanol–water partition coefficient (Wildman–Crippen LogP) is 6.43. The van der Waals surface area contributed by atoms with Crippen molar-refractivity contribution in [2.45, 2.75) is 39.8 Å². The molecule has 0 saturated heterocycles. The molecule has 0 aliphatic heterocycles. The lowest BCUT2D eigenvalue weighted by molar-refractivity contribution is 0.0931. The molecule has 4 rings (SSSR count). The van der Waals surface area contributed by atoms with Gasteiger partial charge in [0.2, 0.25) is 0 Å². The number of carbonyl (C=O) groups is 1. The molecule has 0 spiro atoms. The van der Waals surface area contributed by atoms with Crippen molar-refractivity contribution in [2.75, 3.05) is 0 Å². The summed E-state index contributed by atoms with van der Waals surface area (Å²) in [6.07, 6.45) is 0.946. The number of nitrogens with zero attached hydrogens (tertiary/aromatic N) is 2. The van der Waals surface area contributed by atoms with E-state index in [1.165, 1.54) is 17.7 Å². The minimum Gasteiger partial charge on any atom is -0.344 e. The second kappa shape index (κ2) is 9.82. The van der Waals surface area contributed by atoms with Crippen LogP contribution >= 0.6 is 0 Å². The molecule has 0 aliphatic carbocycles. The Morgan fingerprint density at radius 1 is 0.939 bits per heavy atom. The number of imidazole rings is 1. The second-order valence-corrected chi connectivity index (χ2v) is 8.04. The van der Waals surface area contributed by atoms with E-state index in [4.69, 9.17) is 4.98 Å². The molecule has 0 saturated carbocycles. The lowest BCUT2D eigenvalue weighted by Crippen LogP contribution is -2.29. The molecule has 5 heteroatoms. The monoisotopic (exact) mass is 441 g/mol. The Bertz CT molecular complexity index is 1230. The number of aromatic nitrogens is 2. The zero-order valence-corrected chi connectivity index (χ0v) is 19.2. The van der Waals surface area contributed by atoms with Crippen LogP contribution in [0.4, 0.5) is 4.39 Å². The first-order valence-corrected chi connectivity index (χ1v) is 11.3. The maximum Gasteiger partial charge on any atom is 0.270 e. The third-order valence-corrected chi connectivity index (χ3v) is 5.88. The van der Waals surface area contributed by atoms with E-state index in [1.54, 1.807) is 12.1 Å². The van der Waals surface area contributed by atoms with Crippen molar-refractivity contribution < 1.29 is 9.18 Å². The van der Waals surface area contributed by atoms with Crippen molar-refractivity contribution in [1.82, 2.24) is 14.9 Å². The van der Waals surface area contributed by atoms with E-state index in [2.05, 4.69) is 24.4 Å². The Balaban J connectivity index is 1.79. The second-order valence-electron chi connectivity index (χ2n) is 8.04. The van der Waals surface area contributed by atoms with Crippen molar-refractivity contribution >= 4 is 5.91 Å². The van der Waals surface area contributed by atoms with Gasteiger partial charge < -0.3 is 9.88 Å². The van der Waals surface area contributed by atoms with E-state index in [9.17, 15) is 9.18 Å². The summed E-state index contributed by atoms with van der Waals surface area (Å²) in [4.78, 5) is 18.5. The minimum absolute atomic E-state index is 0.210. The highest BCUT2D eigenvalue weighted by Gasteiger charge is 2.25. The molecule has 3 aromatic carbocycles. The van der Waals surface area contributed by atoms with Crippen LogP contribution in [0.5, 0.6) is 0 Å². The summed E-state index contributed by atoms with van der Waals surface area (Å²) >= 11 is 0. The molecule has 4 aromatic rings. The molecular weight excluding hydrogens is 413 g/mol. The summed E-state index contributed by atoms with van der Waals surface area (Å²) < 4.78 is 15.3. The van der Waals surface area contributed by atoms with Crippen molar-refractivity contribution in [3.05, 3.63) is 102 Å². The van der Waals surface area contributed by atoms with E-state index >= 15 is 0 Å². The summed E-state index contributed by atoms with van der Waals surface area (Å²) in [5, 5.41) is 3.08. The molecule has 4 nitrogen and oxygen atoms in total. The van der Waals surface area contributed by atoms with Crippen molar-refractivity contribution in [2.24, 2.45) is 0 Å². The van der Waals surface area contributed by atoms with E-state index in [0.29, 0.717) is 17.9 Å². The average Bonchev–Trinajstić information content (AvgIpc) is 3.25. The lowest BCUT2D eigenvalue weighted by atomic mass is 10.1. The quantitative estimate of drug-likeness (QED) is 0.359. The molecule has 1 heterocycles. The molecular formula is C28H28FN3O. The predicted molar refractivity (Wildman–Crippen MR) is 130 cm³/mol. The van der Waals surface area contributed by atoms with Crippen LogP contribution in [0.1, 0.15) is 48.4 Å². The van der Waals surface area contributed by atoms with Crippen LogP contribution < -0.4 is 5.32 Å². The Morgan fingerprint density at radius 2 is 1.61 bits per heavy atom. The summed E-state index contributed by atoms with van der Waals surface area (Å²) in [5.41, 5.74) is 5.10. The topological polar surface area (TPSA) is 46.9 Å². The molecule has 0 radical (unpaired) electrons. The Hall–Kier alpha value is -3.73. The molecule has 0 fully saturated rings. The molecule has 0 bridgehead atoms. The molecule has 1 N–H and O–H groups in total. The van der Waals surface area contributed by atoms with Crippen molar-refractivity contribution in [1.29, 1.82) is 0 Å². The molecule has 0 aliphatic rings. The maximum absolute atomic E-state index is 13.6. The van der Waals surface area contributed by atoms with Crippen LogP contribution in [0.15, 0.2) is 78.9 Å². The number of rotatable bonds is 7. The van der Waals surface area contributed by atoms with Gasteiger partial charge in [0.25, 0.3) is 5.91 Å². The number of halogens is 1. The Labute approximate surface area is 194 Å². The highest BCUT2D eigenvalue weighted by molar-refractivity contribution is 5.99. The van der Waals surface area contributed by atoms with Crippen LogP contribution in [0.3, 0.4) is 0 Å². The van der Waals surface area contributed by atoms with Gasteiger partial charge in [-0.05, 0) is 43.5 Å². The summed E-state index contributed by atoms with van der Waals surface area (Å²) in [5.74, 6) is 0.247. The number of hydrogen-bond donors (Lipinski definition) is 1. The number of benzene rings is 3. The first kappa shape index (κ1) is 22.5. The SMILES string of the molecule is CCc1ccc(-c2nc(-c3ccccc3)n(CC)c2C(=O)NC(C)c2ccc(F)cc2)cc1. The Kier molecular flexibility index (Phi) is 6.68. The highest BCUT2D eigenvalue weighted by atomic mass is 19.1. The van der Waals surface area contributed by atoms with Gasteiger partial charge in [-0.3, -0.25) is 4.79 Å². The lowest BCUT2D eigenvalue weighted by Gasteiger charge is -2.16. The first-order chi connectivity index (χ1) is 16.0. The average molecular weight is 442 g/mol. The van der Waals surface area contributed by atoms with Gasteiger partial charge >= 0.3 is 0 Å². The van der Waals surface area contributed by atoms with Gasteiger partial charge in [0.15, 0.2) is 0 Å². The smallest absolute Gasteiger partial charge is 0.270 e. The van der Waals surface area contributed by atoms with Crippen LogP contribution in [0, 0.1) is 5.82 Å². The minimum atomic E-state index is -0.299. The van der Waals surface area contributed by atoms with Gasteiger partial charge in [0.1, 0.15) is 23.0 Å². The standard InChI is InChI=1S/C28H28FN3O/c1-4-20-11-13-22(14-12-20)25-26(28(33)30-19(3)21-15-17-24(29)18-16-21)32(5-2)27(31-25)23-9-7-6-8-10-23/h6-19H,4-5H2,1-3H3,(H,30,33). The third-order valence-electron chi connectivity index (χ3n) is 5.88. The highest BCUT2D eigenvalue weighted by Crippen LogP contribution is 2.30. The number of amides is 1. The van der Waals surface area contributed by atoms with Gasteiger partial charge in [0, 0.05) is 17.7 Å². The van der Waals surface area contributed by atoms with Crippen molar-refractivity contribution in [3.8, 4) is 22.6 Å². The summed E-state index contributed by atoms with van der Waals surface area (Å²) in [6.45, 7) is 6.62. The number of hydrogen-bond acceptors (Lipinski definition) is 2. The summed E-state index contributed by atoms with van der Waals surface area (Å²) in [6, 6.07) is 24.0. The fourth-order valence-electron chi connectivity index (χ4n) is 4.00. The molecule has 1 unspecified atom stereocenters. The van der Waals surface area contributed by atoms with Gasteiger partial charge in [-0.15, -0.1) is 0 Å². The molecule has 1 atom stereocenters. The van der Waals surface area contributed by atoms with E-state index in [0.717, 1.165) is 28.9 Å². The zero-order valence-electron chi connectivity index (χ0n) is 19.2. The van der Waals surface area contributed by atoms with Crippen LogP contribution in [0.2, 0.25) is 0 Å². The fourth-order valence-corrected chi connectivity index (χ4v) is 4.00. The number of carbonyl (C=O) groups excluding carboxylic acids is 1. The molecule has 1 amide bonds. The first-order valence-electron chi connectivity index (χ1n) is 11.3. The molecule has 168 valence electrons. The number of aryl methyl sites for hydroxylation is 1. The normalized spacial score (nSPS) is 11.9.